The van der Waals surface area contributed by atoms with Gasteiger partial charge in [0, 0.05) is 19.1 Å². The van der Waals surface area contributed by atoms with Crippen molar-refractivity contribution in [3.8, 4) is 0 Å². The highest BCUT2D eigenvalue weighted by Gasteiger charge is 2.27. The minimum absolute atomic E-state index is 0.0218. The number of benzene rings is 1. The number of hydrogen-bond acceptors (Lipinski definition) is 5. The predicted molar refractivity (Wildman–Crippen MR) is 90.4 cm³/mol. The van der Waals surface area contributed by atoms with Gasteiger partial charge in [0.05, 0.1) is 13.2 Å². The van der Waals surface area contributed by atoms with Crippen LogP contribution in [0.15, 0.2) is 30.3 Å². The molecule has 0 aromatic heterocycles. The fourth-order valence-corrected chi connectivity index (χ4v) is 3.02. The quantitative estimate of drug-likeness (QED) is 0.808. The maximum Gasteiger partial charge on any atom is 0.407 e. The van der Waals surface area contributed by atoms with E-state index in [2.05, 4.69) is 12.2 Å². The molecule has 1 N–H and O–H groups in total. The second-order valence-corrected chi connectivity index (χ2v) is 6.24. The first-order valence-electron chi connectivity index (χ1n) is 8.42. The lowest BCUT2D eigenvalue weighted by molar-refractivity contribution is -0.144. The zero-order valence-corrected chi connectivity index (χ0v) is 14.4. The van der Waals surface area contributed by atoms with E-state index in [0.29, 0.717) is 19.1 Å². The molecule has 0 radical (unpaired) electrons. The van der Waals surface area contributed by atoms with E-state index in [1.54, 1.807) is 6.92 Å². The fourth-order valence-electron chi connectivity index (χ4n) is 3.02. The van der Waals surface area contributed by atoms with Crippen LogP contribution in [0.3, 0.4) is 0 Å². The molecule has 0 spiro atoms. The Hall–Kier alpha value is -2.08. The van der Waals surface area contributed by atoms with Gasteiger partial charge in [0.2, 0.25) is 0 Å². The average Bonchev–Trinajstić information content (AvgIpc) is 2.53. The highest BCUT2D eigenvalue weighted by molar-refractivity contribution is 5.71. The average molecular weight is 334 g/mol. The standard InChI is InChI=1S/C18H26N2O4/c1-3-23-17(21)12-20-10-14(2)9-16(11-20)19-18(22)24-13-15-7-5-4-6-8-15/h4-8,14,16H,3,9-13H2,1-2H3,(H,19,22). The lowest BCUT2D eigenvalue weighted by atomic mass is 9.96. The number of likely N-dealkylation sites (tertiary alicyclic amines) is 1. The zero-order valence-electron chi connectivity index (χ0n) is 14.4. The van der Waals surface area contributed by atoms with Crippen LogP contribution >= 0.6 is 0 Å². The van der Waals surface area contributed by atoms with Crippen molar-refractivity contribution in [2.45, 2.75) is 32.9 Å². The maximum absolute atomic E-state index is 12.0. The maximum atomic E-state index is 12.0. The van der Waals surface area contributed by atoms with Crippen molar-refractivity contribution in [1.82, 2.24) is 10.2 Å². The van der Waals surface area contributed by atoms with Gasteiger partial charge in [-0.25, -0.2) is 4.79 Å². The van der Waals surface area contributed by atoms with Crippen LogP contribution in [-0.4, -0.2) is 49.2 Å². The summed E-state index contributed by atoms with van der Waals surface area (Å²) < 4.78 is 10.3. The third kappa shape index (κ3) is 6.20. The minimum atomic E-state index is -0.422. The van der Waals surface area contributed by atoms with Gasteiger partial charge in [-0.2, -0.15) is 0 Å². The number of nitrogens with zero attached hydrogens (tertiary/aromatic N) is 1. The molecule has 24 heavy (non-hydrogen) atoms. The Kier molecular flexibility index (Phi) is 7.06. The van der Waals surface area contributed by atoms with Crippen LogP contribution in [0.4, 0.5) is 4.79 Å². The summed E-state index contributed by atoms with van der Waals surface area (Å²) in [5.74, 6) is 0.171. The van der Waals surface area contributed by atoms with E-state index in [1.807, 2.05) is 35.2 Å². The Morgan fingerprint density at radius 3 is 2.67 bits per heavy atom. The number of hydrogen-bond donors (Lipinski definition) is 1. The zero-order chi connectivity index (χ0) is 17.4. The SMILES string of the molecule is CCOC(=O)CN1CC(C)CC(NC(=O)OCc2ccccc2)C1. The number of ether oxygens (including phenoxy) is 2. The van der Waals surface area contributed by atoms with Gasteiger partial charge in [-0.3, -0.25) is 9.69 Å². The summed E-state index contributed by atoms with van der Waals surface area (Å²) in [5, 5.41) is 2.90. The van der Waals surface area contributed by atoms with Crippen molar-refractivity contribution in [3.05, 3.63) is 35.9 Å². The van der Waals surface area contributed by atoms with Crippen molar-refractivity contribution in [3.63, 3.8) is 0 Å². The molecule has 1 amide bonds. The first-order chi connectivity index (χ1) is 11.6. The van der Waals surface area contributed by atoms with Crippen LogP contribution < -0.4 is 5.32 Å². The molecule has 1 aromatic rings. The first kappa shape index (κ1) is 18.3. The fraction of sp³-hybridized carbons (Fsp3) is 0.556. The van der Waals surface area contributed by atoms with Crippen LogP contribution in [0, 0.1) is 5.92 Å². The van der Waals surface area contributed by atoms with Gasteiger partial charge in [0.25, 0.3) is 0 Å². The van der Waals surface area contributed by atoms with E-state index < -0.39 is 6.09 Å². The molecule has 0 bridgehead atoms. The molecule has 132 valence electrons. The third-order valence-electron chi connectivity index (χ3n) is 3.93. The molecule has 2 unspecified atom stereocenters. The molecule has 6 heteroatoms. The van der Waals surface area contributed by atoms with Gasteiger partial charge in [-0.15, -0.1) is 0 Å². The van der Waals surface area contributed by atoms with Crippen LogP contribution in [0.25, 0.3) is 0 Å². The molecule has 2 rings (SSSR count). The summed E-state index contributed by atoms with van der Waals surface area (Å²) in [6.07, 6.45) is 0.453. The number of piperidine rings is 1. The van der Waals surface area contributed by atoms with Gasteiger partial charge < -0.3 is 14.8 Å². The van der Waals surface area contributed by atoms with Gasteiger partial charge >= 0.3 is 12.1 Å². The number of carbonyl (C=O) groups is 2. The smallest absolute Gasteiger partial charge is 0.407 e. The summed E-state index contributed by atoms with van der Waals surface area (Å²) in [6.45, 7) is 6.26. The van der Waals surface area contributed by atoms with E-state index >= 15 is 0 Å². The molecule has 1 fully saturated rings. The van der Waals surface area contributed by atoms with E-state index in [1.165, 1.54) is 0 Å². The third-order valence-corrected chi connectivity index (χ3v) is 3.93. The molecule has 0 aliphatic carbocycles. The monoisotopic (exact) mass is 334 g/mol. The topological polar surface area (TPSA) is 67.9 Å². The van der Waals surface area contributed by atoms with E-state index in [4.69, 9.17) is 9.47 Å². The summed E-state index contributed by atoms with van der Waals surface area (Å²) in [4.78, 5) is 25.6. The van der Waals surface area contributed by atoms with Crippen LogP contribution in [0.5, 0.6) is 0 Å². The van der Waals surface area contributed by atoms with E-state index in [-0.39, 0.29) is 25.2 Å². The molecular formula is C18H26N2O4. The lowest BCUT2D eigenvalue weighted by Gasteiger charge is -2.35. The summed E-state index contributed by atoms with van der Waals surface area (Å²) >= 11 is 0. The number of carbonyl (C=O) groups excluding carboxylic acids is 2. The number of nitrogens with one attached hydrogen (secondary N) is 1. The van der Waals surface area contributed by atoms with Gasteiger partial charge in [-0.1, -0.05) is 37.3 Å². The van der Waals surface area contributed by atoms with E-state index in [0.717, 1.165) is 18.5 Å². The van der Waals surface area contributed by atoms with Gasteiger partial charge in [0.1, 0.15) is 6.61 Å². The number of alkyl carbamates (subject to hydrolysis) is 1. The molecule has 0 saturated carbocycles. The van der Waals surface area contributed by atoms with Crippen molar-refractivity contribution in [2.75, 3.05) is 26.2 Å². The summed E-state index contributed by atoms with van der Waals surface area (Å²) in [7, 11) is 0. The summed E-state index contributed by atoms with van der Waals surface area (Å²) in [5.41, 5.74) is 0.952. The van der Waals surface area contributed by atoms with Crippen molar-refractivity contribution in [1.29, 1.82) is 0 Å². The molecule has 1 heterocycles. The van der Waals surface area contributed by atoms with Crippen molar-refractivity contribution < 1.29 is 19.1 Å². The number of rotatable bonds is 6. The number of amides is 1. The second kappa shape index (κ2) is 9.27. The van der Waals surface area contributed by atoms with Crippen molar-refractivity contribution in [2.24, 2.45) is 5.92 Å². The molecule has 6 nitrogen and oxygen atoms in total. The molecule has 2 atom stereocenters. The Morgan fingerprint density at radius 1 is 1.21 bits per heavy atom. The molecule has 1 aliphatic rings. The Morgan fingerprint density at radius 2 is 1.96 bits per heavy atom. The predicted octanol–water partition coefficient (Wildman–Crippen LogP) is 2.19. The van der Waals surface area contributed by atoms with Crippen LogP contribution in [0.2, 0.25) is 0 Å². The minimum Gasteiger partial charge on any atom is -0.465 e. The van der Waals surface area contributed by atoms with Crippen molar-refractivity contribution >= 4 is 12.1 Å². The lowest BCUT2D eigenvalue weighted by Crippen LogP contribution is -2.51. The highest BCUT2D eigenvalue weighted by Crippen LogP contribution is 2.16. The Bertz CT molecular complexity index is 535. The Balaban J connectivity index is 1.77. The Labute approximate surface area is 143 Å². The first-order valence-corrected chi connectivity index (χ1v) is 8.42. The van der Waals surface area contributed by atoms with E-state index in [9.17, 15) is 9.59 Å². The largest absolute Gasteiger partial charge is 0.465 e. The van der Waals surface area contributed by atoms with Gasteiger partial charge in [0.15, 0.2) is 0 Å². The highest BCUT2D eigenvalue weighted by atomic mass is 16.5. The second-order valence-electron chi connectivity index (χ2n) is 6.24. The van der Waals surface area contributed by atoms with Gasteiger partial charge in [-0.05, 0) is 24.8 Å². The van der Waals surface area contributed by atoms with Crippen LogP contribution in [0.1, 0.15) is 25.8 Å². The molecule has 1 saturated heterocycles. The normalized spacial score (nSPS) is 21.1. The molecular weight excluding hydrogens is 308 g/mol. The summed E-state index contributed by atoms with van der Waals surface area (Å²) in [6, 6.07) is 9.55. The van der Waals surface area contributed by atoms with Crippen LogP contribution in [-0.2, 0) is 20.9 Å². The molecule has 1 aromatic carbocycles. The molecule has 1 aliphatic heterocycles. The number of esters is 1.